The third kappa shape index (κ3) is 3.58. The molecular formula is C17H13FN4O2S. The predicted molar refractivity (Wildman–Crippen MR) is 90.2 cm³/mol. The Labute approximate surface area is 146 Å². The second-order valence-corrected chi connectivity index (χ2v) is 6.19. The van der Waals surface area contributed by atoms with Crippen LogP contribution in [0.2, 0.25) is 0 Å². The lowest BCUT2D eigenvalue weighted by Crippen LogP contribution is -2.03. The van der Waals surface area contributed by atoms with Gasteiger partial charge in [-0.2, -0.15) is 9.61 Å². The lowest BCUT2D eigenvalue weighted by atomic mass is 10.3. The fourth-order valence-corrected chi connectivity index (χ4v) is 2.95. The fourth-order valence-electron chi connectivity index (χ4n) is 2.19. The highest BCUT2D eigenvalue weighted by molar-refractivity contribution is 7.16. The molecule has 0 radical (unpaired) electrons. The summed E-state index contributed by atoms with van der Waals surface area (Å²) in [5, 5.41) is 13.4. The molecule has 0 aliphatic carbocycles. The van der Waals surface area contributed by atoms with Gasteiger partial charge in [-0.05, 0) is 36.4 Å². The van der Waals surface area contributed by atoms with Crippen molar-refractivity contribution in [2.24, 2.45) is 0 Å². The lowest BCUT2D eigenvalue weighted by Gasteiger charge is -2.03. The molecule has 4 aromatic rings. The first-order chi connectivity index (χ1) is 12.3. The zero-order valence-corrected chi connectivity index (χ0v) is 13.8. The number of ether oxygens (including phenoxy) is 2. The molecule has 6 nitrogen and oxygen atoms in total. The number of hydrogen-bond donors (Lipinski definition) is 0. The molecule has 4 rings (SSSR count). The first-order valence-electron chi connectivity index (χ1n) is 7.54. The molecule has 2 heterocycles. The molecule has 0 fully saturated rings. The first-order valence-corrected chi connectivity index (χ1v) is 8.36. The van der Waals surface area contributed by atoms with E-state index < -0.39 is 0 Å². The summed E-state index contributed by atoms with van der Waals surface area (Å²) in [4.78, 5) is 0.671. The molecule has 0 aliphatic heterocycles. The van der Waals surface area contributed by atoms with Gasteiger partial charge in [0.25, 0.3) is 0 Å². The van der Waals surface area contributed by atoms with Crippen molar-refractivity contribution in [2.45, 2.75) is 13.2 Å². The van der Waals surface area contributed by atoms with Gasteiger partial charge in [-0.3, -0.25) is 0 Å². The van der Waals surface area contributed by atoms with Crippen molar-refractivity contribution in [1.29, 1.82) is 0 Å². The predicted octanol–water partition coefficient (Wildman–Crippen LogP) is 3.48. The van der Waals surface area contributed by atoms with E-state index in [9.17, 15) is 4.39 Å². The van der Waals surface area contributed by atoms with E-state index in [0.29, 0.717) is 23.1 Å². The molecule has 0 atom stereocenters. The SMILES string of the molecule is Fc1ccc(OCc2nnc3sc(COc4ccccc4)nn23)cc1. The number of hydrogen-bond acceptors (Lipinski definition) is 6. The van der Waals surface area contributed by atoms with Gasteiger partial charge >= 0.3 is 0 Å². The van der Waals surface area contributed by atoms with Gasteiger partial charge < -0.3 is 9.47 Å². The Bertz CT molecular complexity index is 969. The molecule has 0 amide bonds. The molecule has 0 aliphatic rings. The summed E-state index contributed by atoms with van der Waals surface area (Å²) in [7, 11) is 0. The van der Waals surface area contributed by atoms with Gasteiger partial charge in [0.15, 0.2) is 10.8 Å². The number of para-hydroxylation sites is 1. The molecule has 8 heteroatoms. The quantitative estimate of drug-likeness (QED) is 0.529. The number of nitrogens with zero attached hydrogens (tertiary/aromatic N) is 4. The highest BCUT2D eigenvalue weighted by Gasteiger charge is 2.12. The Morgan fingerprint density at radius 2 is 1.60 bits per heavy atom. The Balaban J connectivity index is 1.44. The number of fused-ring (bicyclic) bond motifs is 1. The van der Waals surface area contributed by atoms with E-state index in [0.717, 1.165) is 10.8 Å². The maximum atomic E-state index is 12.9. The molecule has 0 saturated heterocycles. The van der Waals surface area contributed by atoms with Crippen molar-refractivity contribution in [3.8, 4) is 11.5 Å². The molecule has 0 unspecified atom stereocenters. The minimum atomic E-state index is -0.306. The van der Waals surface area contributed by atoms with Gasteiger partial charge in [-0.25, -0.2) is 4.39 Å². The molecule has 0 bridgehead atoms. The van der Waals surface area contributed by atoms with Crippen LogP contribution in [-0.4, -0.2) is 19.8 Å². The van der Waals surface area contributed by atoms with Crippen LogP contribution in [0.4, 0.5) is 4.39 Å². The zero-order valence-electron chi connectivity index (χ0n) is 13.0. The second-order valence-electron chi connectivity index (χ2n) is 5.15. The number of rotatable bonds is 6. The summed E-state index contributed by atoms with van der Waals surface area (Å²) in [6.07, 6.45) is 0. The van der Waals surface area contributed by atoms with Crippen LogP contribution in [0.3, 0.4) is 0 Å². The minimum Gasteiger partial charge on any atom is -0.486 e. The second kappa shape index (κ2) is 6.86. The van der Waals surface area contributed by atoms with E-state index in [1.165, 1.54) is 23.5 Å². The van der Waals surface area contributed by atoms with Crippen LogP contribution in [0.15, 0.2) is 54.6 Å². The standard InChI is InChI=1S/C17H13FN4O2S/c18-12-6-8-14(9-7-12)23-10-15-19-20-17-22(15)21-16(25-17)11-24-13-4-2-1-3-5-13/h1-9H,10-11H2. The van der Waals surface area contributed by atoms with Gasteiger partial charge in [0.1, 0.15) is 30.5 Å². The summed E-state index contributed by atoms with van der Waals surface area (Å²) >= 11 is 1.41. The lowest BCUT2D eigenvalue weighted by molar-refractivity contribution is 0.289. The minimum absolute atomic E-state index is 0.190. The van der Waals surface area contributed by atoms with Crippen LogP contribution < -0.4 is 9.47 Å². The maximum absolute atomic E-state index is 12.9. The van der Waals surface area contributed by atoms with E-state index >= 15 is 0 Å². The van der Waals surface area contributed by atoms with Gasteiger partial charge in [-0.15, -0.1) is 10.2 Å². The third-order valence-corrected chi connectivity index (χ3v) is 4.26. The van der Waals surface area contributed by atoms with Crippen molar-refractivity contribution >= 4 is 16.3 Å². The summed E-state index contributed by atoms with van der Waals surface area (Å²) in [6, 6.07) is 15.4. The highest BCUT2D eigenvalue weighted by Crippen LogP contribution is 2.18. The Morgan fingerprint density at radius 3 is 2.40 bits per heavy atom. The molecule has 2 aromatic heterocycles. The van der Waals surface area contributed by atoms with Crippen molar-refractivity contribution in [3.05, 3.63) is 71.2 Å². The first kappa shape index (κ1) is 15.5. The highest BCUT2D eigenvalue weighted by atomic mass is 32.1. The van der Waals surface area contributed by atoms with Crippen LogP contribution in [0.25, 0.3) is 4.96 Å². The van der Waals surface area contributed by atoms with Crippen LogP contribution >= 0.6 is 11.3 Å². The molecule has 0 saturated carbocycles. The molecule has 25 heavy (non-hydrogen) atoms. The number of aromatic nitrogens is 4. The van der Waals surface area contributed by atoms with E-state index in [4.69, 9.17) is 9.47 Å². The molecule has 126 valence electrons. The summed E-state index contributed by atoms with van der Waals surface area (Å²) < 4.78 is 25.8. The molecule has 2 aromatic carbocycles. The van der Waals surface area contributed by atoms with Crippen LogP contribution in [0.5, 0.6) is 11.5 Å². The molecule has 0 N–H and O–H groups in total. The van der Waals surface area contributed by atoms with E-state index in [1.807, 2.05) is 30.3 Å². The topological polar surface area (TPSA) is 61.5 Å². The van der Waals surface area contributed by atoms with E-state index in [2.05, 4.69) is 15.3 Å². The van der Waals surface area contributed by atoms with Gasteiger partial charge in [-0.1, -0.05) is 29.5 Å². The van der Waals surface area contributed by atoms with Gasteiger partial charge in [0.2, 0.25) is 4.96 Å². The number of halogens is 1. The smallest absolute Gasteiger partial charge is 0.234 e. The summed E-state index contributed by atoms with van der Waals surface area (Å²) in [5.74, 6) is 1.61. The number of benzene rings is 2. The monoisotopic (exact) mass is 356 g/mol. The van der Waals surface area contributed by atoms with Gasteiger partial charge in [0, 0.05) is 0 Å². The Morgan fingerprint density at radius 1 is 0.880 bits per heavy atom. The fraction of sp³-hybridized carbons (Fsp3) is 0.118. The Hall–Kier alpha value is -3.00. The van der Waals surface area contributed by atoms with Crippen molar-refractivity contribution in [3.63, 3.8) is 0 Å². The van der Waals surface area contributed by atoms with E-state index in [-0.39, 0.29) is 12.4 Å². The average Bonchev–Trinajstić information content (AvgIpc) is 3.21. The average molecular weight is 356 g/mol. The van der Waals surface area contributed by atoms with E-state index in [1.54, 1.807) is 16.6 Å². The largest absolute Gasteiger partial charge is 0.486 e. The van der Waals surface area contributed by atoms with Crippen LogP contribution in [0, 0.1) is 5.82 Å². The zero-order chi connectivity index (χ0) is 17.1. The maximum Gasteiger partial charge on any atom is 0.234 e. The van der Waals surface area contributed by atoms with Gasteiger partial charge in [0.05, 0.1) is 0 Å². The molecule has 0 spiro atoms. The van der Waals surface area contributed by atoms with Crippen molar-refractivity contribution in [2.75, 3.05) is 0 Å². The van der Waals surface area contributed by atoms with Crippen LogP contribution in [0.1, 0.15) is 10.8 Å². The normalized spacial score (nSPS) is 10.9. The Kier molecular flexibility index (Phi) is 4.26. The van der Waals surface area contributed by atoms with Crippen LogP contribution in [-0.2, 0) is 13.2 Å². The summed E-state index contributed by atoms with van der Waals surface area (Å²) in [6.45, 7) is 0.547. The molecular weight excluding hydrogens is 343 g/mol. The van der Waals surface area contributed by atoms with Crippen molar-refractivity contribution in [1.82, 2.24) is 19.8 Å². The third-order valence-electron chi connectivity index (χ3n) is 3.38. The van der Waals surface area contributed by atoms with Crippen molar-refractivity contribution < 1.29 is 13.9 Å². The summed E-state index contributed by atoms with van der Waals surface area (Å²) in [5.41, 5.74) is 0.